The van der Waals surface area contributed by atoms with Gasteiger partial charge in [-0.15, -0.1) is 0 Å². The summed E-state index contributed by atoms with van der Waals surface area (Å²) in [5.41, 5.74) is 1.70. The van der Waals surface area contributed by atoms with E-state index in [0.717, 1.165) is 40.6 Å². The van der Waals surface area contributed by atoms with Gasteiger partial charge in [0.05, 0.1) is 12.6 Å². The van der Waals surface area contributed by atoms with Gasteiger partial charge in [0, 0.05) is 16.5 Å². The predicted molar refractivity (Wildman–Crippen MR) is 73.5 cm³/mol. The summed E-state index contributed by atoms with van der Waals surface area (Å²) in [6, 6.07) is 1.93. The highest BCUT2D eigenvalue weighted by Crippen LogP contribution is 2.55. The molecular formula is C14H14BrNO3. The Balaban J connectivity index is 2.18. The maximum atomic E-state index is 10.6. The minimum absolute atomic E-state index is 0.139. The lowest BCUT2D eigenvalue weighted by Gasteiger charge is -2.16. The fourth-order valence-corrected chi connectivity index (χ4v) is 3.48. The highest BCUT2D eigenvalue weighted by molar-refractivity contribution is 9.10. The number of rotatable bonds is 3. The molecular weight excluding hydrogens is 310 g/mol. The number of ether oxygens (including phenoxy) is 2. The van der Waals surface area contributed by atoms with Gasteiger partial charge in [0.1, 0.15) is 6.10 Å². The van der Waals surface area contributed by atoms with E-state index in [1.165, 1.54) is 0 Å². The molecule has 0 spiro atoms. The second kappa shape index (κ2) is 4.36. The zero-order chi connectivity index (χ0) is 13.6. The van der Waals surface area contributed by atoms with Gasteiger partial charge in [0.2, 0.25) is 6.08 Å². The molecule has 3 rings (SSSR count). The second-order valence-corrected chi connectivity index (χ2v) is 5.91. The largest absolute Gasteiger partial charge is 0.493 e. The number of fused-ring (bicyclic) bond motifs is 1. The number of hydrogen-bond acceptors (Lipinski definition) is 4. The number of halogens is 1. The summed E-state index contributed by atoms with van der Waals surface area (Å²) in [7, 11) is 1.63. The Hall–Kier alpha value is -1.32. The molecule has 0 amide bonds. The van der Waals surface area contributed by atoms with E-state index in [-0.39, 0.29) is 6.10 Å². The molecule has 2 aliphatic rings. The maximum absolute atomic E-state index is 10.6. The van der Waals surface area contributed by atoms with Gasteiger partial charge >= 0.3 is 0 Å². The molecule has 19 heavy (non-hydrogen) atoms. The van der Waals surface area contributed by atoms with Crippen molar-refractivity contribution in [3.8, 4) is 11.5 Å². The van der Waals surface area contributed by atoms with Crippen molar-refractivity contribution in [2.24, 2.45) is 4.99 Å². The molecule has 1 atom stereocenters. The summed E-state index contributed by atoms with van der Waals surface area (Å²) in [5, 5.41) is 0. The van der Waals surface area contributed by atoms with Crippen LogP contribution >= 0.6 is 15.9 Å². The van der Waals surface area contributed by atoms with Crippen LogP contribution in [0, 0.1) is 0 Å². The molecule has 1 fully saturated rings. The van der Waals surface area contributed by atoms with Gasteiger partial charge in [-0.3, -0.25) is 0 Å². The monoisotopic (exact) mass is 323 g/mol. The maximum Gasteiger partial charge on any atom is 0.235 e. The lowest BCUT2D eigenvalue weighted by molar-refractivity contribution is 0.243. The summed E-state index contributed by atoms with van der Waals surface area (Å²) >= 11 is 3.64. The quantitative estimate of drug-likeness (QED) is 0.634. The third-order valence-corrected chi connectivity index (χ3v) is 4.70. The third kappa shape index (κ3) is 1.88. The molecule has 1 aliphatic carbocycles. The summed E-state index contributed by atoms with van der Waals surface area (Å²) in [4.78, 5) is 14.6. The topological polar surface area (TPSA) is 47.9 Å². The lowest BCUT2D eigenvalue weighted by atomic mass is 9.99. The van der Waals surface area contributed by atoms with Gasteiger partial charge in [-0.2, -0.15) is 4.99 Å². The molecule has 0 saturated heterocycles. The van der Waals surface area contributed by atoms with E-state index in [0.29, 0.717) is 5.75 Å². The standard InChI is InChI=1S/C14H14BrNO3/c1-8-5-9-12(15)10(14(3-4-14)16-7-17)6-11(18-2)13(9)19-8/h6,8H,3-5H2,1-2H3. The molecule has 0 aromatic heterocycles. The SMILES string of the molecule is COc1cc(C2(N=C=O)CC2)c(Br)c2c1OC(C)C2. The van der Waals surface area contributed by atoms with Gasteiger partial charge in [-0.05, 0) is 47.3 Å². The van der Waals surface area contributed by atoms with Crippen LogP contribution in [0.4, 0.5) is 0 Å². The normalized spacial score (nSPS) is 22.2. The average molecular weight is 324 g/mol. The fourth-order valence-electron chi connectivity index (χ4n) is 2.65. The Morgan fingerprint density at radius 2 is 2.32 bits per heavy atom. The summed E-state index contributed by atoms with van der Waals surface area (Å²) < 4.78 is 12.2. The van der Waals surface area contributed by atoms with Crippen LogP contribution in [0.3, 0.4) is 0 Å². The van der Waals surface area contributed by atoms with Crippen molar-refractivity contribution in [3.05, 3.63) is 21.7 Å². The van der Waals surface area contributed by atoms with Gasteiger partial charge < -0.3 is 9.47 Å². The Labute approximate surface area is 119 Å². The molecule has 100 valence electrons. The smallest absolute Gasteiger partial charge is 0.235 e. The third-order valence-electron chi connectivity index (χ3n) is 3.79. The molecule has 1 aromatic carbocycles. The predicted octanol–water partition coefficient (Wildman–Crippen LogP) is 3.11. The Kier molecular flexibility index (Phi) is 2.91. The zero-order valence-electron chi connectivity index (χ0n) is 10.8. The van der Waals surface area contributed by atoms with Crippen LogP contribution in [0.25, 0.3) is 0 Å². The van der Waals surface area contributed by atoms with Crippen LogP contribution in [0.5, 0.6) is 11.5 Å². The van der Waals surface area contributed by atoms with Crippen LogP contribution in [0.1, 0.15) is 30.9 Å². The Bertz CT molecular complexity index is 589. The molecule has 0 N–H and O–H groups in total. The fraction of sp³-hybridized carbons (Fsp3) is 0.500. The van der Waals surface area contributed by atoms with Crippen LogP contribution in [-0.4, -0.2) is 19.3 Å². The van der Waals surface area contributed by atoms with Crippen molar-refractivity contribution >= 4 is 22.0 Å². The van der Waals surface area contributed by atoms with Gasteiger partial charge in [-0.1, -0.05) is 0 Å². The minimum atomic E-state index is -0.408. The summed E-state index contributed by atoms with van der Waals surface area (Å²) in [6.07, 6.45) is 4.41. The number of hydrogen-bond donors (Lipinski definition) is 0. The van der Waals surface area contributed by atoms with Gasteiger partial charge in [0.15, 0.2) is 11.5 Å². The lowest BCUT2D eigenvalue weighted by Crippen LogP contribution is -2.06. The van der Waals surface area contributed by atoms with E-state index in [4.69, 9.17) is 9.47 Å². The van der Waals surface area contributed by atoms with Crippen molar-refractivity contribution in [2.75, 3.05) is 7.11 Å². The van der Waals surface area contributed by atoms with Gasteiger partial charge in [-0.25, -0.2) is 4.79 Å². The summed E-state index contributed by atoms with van der Waals surface area (Å²) in [5.74, 6) is 1.52. The van der Waals surface area contributed by atoms with Crippen molar-refractivity contribution < 1.29 is 14.3 Å². The molecule has 0 radical (unpaired) electrons. The number of isocyanates is 1. The first-order valence-electron chi connectivity index (χ1n) is 6.27. The Morgan fingerprint density at radius 1 is 1.58 bits per heavy atom. The van der Waals surface area contributed by atoms with Crippen LogP contribution < -0.4 is 9.47 Å². The highest BCUT2D eigenvalue weighted by atomic mass is 79.9. The van der Waals surface area contributed by atoms with Crippen molar-refractivity contribution in [3.63, 3.8) is 0 Å². The van der Waals surface area contributed by atoms with E-state index >= 15 is 0 Å². The van der Waals surface area contributed by atoms with E-state index in [2.05, 4.69) is 20.9 Å². The molecule has 1 aliphatic heterocycles. The number of carbonyl (C=O) groups excluding carboxylic acids is 1. The zero-order valence-corrected chi connectivity index (χ0v) is 12.4. The number of aliphatic imine (C=N–C) groups is 1. The molecule has 4 nitrogen and oxygen atoms in total. The first kappa shape index (κ1) is 12.7. The molecule has 1 unspecified atom stereocenters. The summed E-state index contributed by atoms with van der Waals surface area (Å²) in [6.45, 7) is 2.03. The number of benzene rings is 1. The van der Waals surface area contributed by atoms with E-state index in [1.807, 2.05) is 13.0 Å². The van der Waals surface area contributed by atoms with Crippen LogP contribution in [-0.2, 0) is 16.8 Å². The molecule has 1 aromatic rings. The van der Waals surface area contributed by atoms with Crippen molar-refractivity contribution in [1.82, 2.24) is 0 Å². The van der Waals surface area contributed by atoms with Crippen molar-refractivity contribution in [1.29, 1.82) is 0 Å². The first-order valence-corrected chi connectivity index (χ1v) is 7.06. The Morgan fingerprint density at radius 3 is 2.89 bits per heavy atom. The number of nitrogens with zero attached hydrogens (tertiary/aromatic N) is 1. The first-order chi connectivity index (χ1) is 9.11. The van der Waals surface area contributed by atoms with E-state index < -0.39 is 5.54 Å². The molecule has 5 heteroatoms. The van der Waals surface area contributed by atoms with E-state index in [9.17, 15) is 4.79 Å². The van der Waals surface area contributed by atoms with E-state index in [1.54, 1.807) is 13.2 Å². The molecule has 1 saturated carbocycles. The van der Waals surface area contributed by atoms with Crippen LogP contribution in [0.2, 0.25) is 0 Å². The van der Waals surface area contributed by atoms with Crippen molar-refractivity contribution in [2.45, 2.75) is 37.8 Å². The number of methoxy groups -OCH3 is 1. The highest BCUT2D eigenvalue weighted by Gasteiger charge is 2.47. The minimum Gasteiger partial charge on any atom is -0.493 e. The second-order valence-electron chi connectivity index (χ2n) is 5.12. The average Bonchev–Trinajstić information content (AvgIpc) is 3.04. The van der Waals surface area contributed by atoms with Gasteiger partial charge in [0.25, 0.3) is 0 Å². The molecule has 1 heterocycles. The molecule has 0 bridgehead atoms. The van der Waals surface area contributed by atoms with Crippen LogP contribution in [0.15, 0.2) is 15.5 Å².